The molecule has 0 unspecified atom stereocenters. The monoisotopic (exact) mass is 371 g/mol. The number of anilines is 1. The maximum atomic E-state index is 13.0. The van der Waals surface area contributed by atoms with Crippen molar-refractivity contribution in [1.29, 1.82) is 0 Å². The standard InChI is InChI=1S/C23H33NO3/c1-5-8-16-23(4,27-7-3)22(25)24-20-14-15-21(26-17-9-6-2)19-13-11-10-12-18(19)20/h10-15H,5-9,16-17H2,1-4H3,(H,24,25)/t23-/m0/s1. The molecule has 1 N–H and O–H groups in total. The average molecular weight is 372 g/mol. The van der Waals surface area contributed by atoms with Crippen molar-refractivity contribution in [2.45, 2.75) is 65.4 Å². The largest absolute Gasteiger partial charge is 0.493 e. The van der Waals surface area contributed by atoms with E-state index in [0.717, 1.165) is 47.9 Å². The molecule has 27 heavy (non-hydrogen) atoms. The van der Waals surface area contributed by atoms with Crippen molar-refractivity contribution in [2.75, 3.05) is 18.5 Å². The van der Waals surface area contributed by atoms with Gasteiger partial charge in [0.25, 0.3) is 5.91 Å². The summed E-state index contributed by atoms with van der Waals surface area (Å²) in [6.07, 6.45) is 4.81. The maximum Gasteiger partial charge on any atom is 0.256 e. The van der Waals surface area contributed by atoms with Crippen LogP contribution in [0.5, 0.6) is 5.75 Å². The number of hydrogen-bond acceptors (Lipinski definition) is 3. The second kappa shape index (κ2) is 10.3. The summed E-state index contributed by atoms with van der Waals surface area (Å²) < 4.78 is 11.8. The first-order valence-corrected chi connectivity index (χ1v) is 10.2. The molecular formula is C23H33NO3. The normalized spacial score (nSPS) is 13.3. The van der Waals surface area contributed by atoms with Gasteiger partial charge < -0.3 is 14.8 Å². The van der Waals surface area contributed by atoms with E-state index >= 15 is 0 Å². The SMILES string of the molecule is CCCCOc1ccc(NC(=O)[C@](C)(CCCC)OCC)c2ccccc12. The minimum absolute atomic E-state index is 0.0948. The minimum Gasteiger partial charge on any atom is -0.493 e. The highest BCUT2D eigenvalue weighted by atomic mass is 16.5. The Bertz CT molecular complexity index is 743. The molecule has 0 aliphatic carbocycles. The first kappa shape index (κ1) is 21.2. The van der Waals surface area contributed by atoms with E-state index in [1.165, 1.54) is 0 Å². The van der Waals surface area contributed by atoms with Crippen molar-refractivity contribution in [3.05, 3.63) is 36.4 Å². The summed E-state index contributed by atoms with van der Waals surface area (Å²) in [5, 5.41) is 5.09. The van der Waals surface area contributed by atoms with Crippen molar-refractivity contribution in [3.63, 3.8) is 0 Å². The van der Waals surface area contributed by atoms with Gasteiger partial charge in [0.2, 0.25) is 0 Å². The summed E-state index contributed by atoms with van der Waals surface area (Å²) >= 11 is 0. The predicted molar refractivity (Wildman–Crippen MR) is 113 cm³/mol. The number of hydrogen-bond donors (Lipinski definition) is 1. The lowest BCUT2D eigenvalue weighted by atomic mass is 9.97. The second-order valence-corrected chi connectivity index (χ2v) is 7.08. The highest BCUT2D eigenvalue weighted by Gasteiger charge is 2.33. The van der Waals surface area contributed by atoms with Gasteiger partial charge in [-0.05, 0) is 38.8 Å². The molecule has 1 amide bonds. The number of amides is 1. The number of nitrogens with one attached hydrogen (secondary N) is 1. The van der Waals surface area contributed by atoms with E-state index in [4.69, 9.17) is 9.47 Å². The fraction of sp³-hybridized carbons (Fsp3) is 0.522. The molecule has 0 heterocycles. The Balaban J connectivity index is 2.27. The number of ether oxygens (including phenoxy) is 2. The minimum atomic E-state index is -0.817. The predicted octanol–water partition coefficient (Wildman–Crippen LogP) is 5.94. The van der Waals surface area contributed by atoms with Crippen LogP contribution in [0.3, 0.4) is 0 Å². The van der Waals surface area contributed by atoms with Gasteiger partial charge in [-0.1, -0.05) is 57.4 Å². The molecule has 2 aromatic rings. The summed E-state index contributed by atoms with van der Waals surface area (Å²) in [7, 11) is 0. The molecule has 0 aliphatic rings. The Kier molecular flexibility index (Phi) is 8.11. The van der Waals surface area contributed by atoms with Gasteiger partial charge in [0.05, 0.1) is 6.61 Å². The molecule has 4 nitrogen and oxygen atoms in total. The van der Waals surface area contributed by atoms with Crippen LogP contribution in [-0.4, -0.2) is 24.7 Å². The smallest absolute Gasteiger partial charge is 0.256 e. The van der Waals surface area contributed by atoms with Crippen LogP contribution in [-0.2, 0) is 9.53 Å². The van der Waals surface area contributed by atoms with Gasteiger partial charge in [0.15, 0.2) is 0 Å². The van der Waals surface area contributed by atoms with E-state index < -0.39 is 5.60 Å². The fourth-order valence-electron chi connectivity index (χ4n) is 3.17. The zero-order chi connectivity index (χ0) is 19.7. The quantitative estimate of drug-likeness (QED) is 0.497. The lowest BCUT2D eigenvalue weighted by Gasteiger charge is -2.28. The Morgan fingerprint density at radius 1 is 1.00 bits per heavy atom. The Labute approximate surface area is 163 Å². The number of benzene rings is 2. The van der Waals surface area contributed by atoms with Crippen LogP contribution in [0.15, 0.2) is 36.4 Å². The van der Waals surface area contributed by atoms with Crippen molar-refractivity contribution in [2.24, 2.45) is 0 Å². The van der Waals surface area contributed by atoms with E-state index in [9.17, 15) is 4.79 Å². The highest BCUT2D eigenvalue weighted by molar-refractivity contribution is 6.06. The molecule has 0 spiro atoms. The summed E-state index contributed by atoms with van der Waals surface area (Å²) in [6, 6.07) is 11.9. The summed E-state index contributed by atoms with van der Waals surface area (Å²) in [6.45, 7) is 9.29. The molecule has 0 saturated heterocycles. The Morgan fingerprint density at radius 2 is 1.70 bits per heavy atom. The summed E-state index contributed by atoms with van der Waals surface area (Å²) in [4.78, 5) is 13.0. The zero-order valence-corrected chi connectivity index (χ0v) is 17.1. The maximum absolute atomic E-state index is 13.0. The fourth-order valence-corrected chi connectivity index (χ4v) is 3.17. The van der Waals surface area contributed by atoms with Crippen LogP contribution in [0.1, 0.15) is 59.8 Å². The molecule has 148 valence electrons. The van der Waals surface area contributed by atoms with Crippen LogP contribution in [0.2, 0.25) is 0 Å². The molecule has 0 aromatic heterocycles. The van der Waals surface area contributed by atoms with Gasteiger partial charge >= 0.3 is 0 Å². The third-order valence-electron chi connectivity index (χ3n) is 4.84. The van der Waals surface area contributed by atoms with Gasteiger partial charge in [-0.25, -0.2) is 0 Å². The van der Waals surface area contributed by atoms with Crippen LogP contribution >= 0.6 is 0 Å². The van der Waals surface area contributed by atoms with E-state index in [0.29, 0.717) is 19.6 Å². The molecule has 0 radical (unpaired) electrons. The molecule has 0 bridgehead atoms. The van der Waals surface area contributed by atoms with E-state index in [1.807, 2.05) is 50.2 Å². The molecule has 0 aliphatic heterocycles. The zero-order valence-electron chi connectivity index (χ0n) is 17.1. The lowest BCUT2D eigenvalue weighted by molar-refractivity contribution is -0.139. The van der Waals surface area contributed by atoms with Crippen LogP contribution < -0.4 is 10.1 Å². The molecular weight excluding hydrogens is 338 g/mol. The molecule has 2 aromatic carbocycles. The van der Waals surface area contributed by atoms with Crippen molar-refractivity contribution in [3.8, 4) is 5.75 Å². The van der Waals surface area contributed by atoms with Crippen molar-refractivity contribution < 1.29 is 14.3 Å². The Hall–Kier alpha value is -2.07. The number of unbranched alkanes of at least 4 members (excludes halogenated alkanes) is 2. The van der Waals surface area contributed by atoms with Gasteiger partial charge in [-0.15, -0.1) is 0 Å². The van der Waals surface area contributed by atoms with E-state index in [-0.39, 0.29) is 5.91 Å². The van der Waals surface area contributed by atoms with Crippen molar-refractivity contribution >= 4 is 22.4 Å². The van der Waals surface area contributed by atoms with Crippen molar-refractivity contribution in [1.82, 2.24) is 0 Å². The Morgan fingerprint density at radius 3 is 2.37 bits per heavy atom. The topological polar surface area (TPSA) is 47.6 Å². The van der Waals surface area contributed by atoms with Crippen LogP contribution in [0.4, 0.5) is 5.69 Å². The molecule has 0 fully saturated rings. The highest BCUT2D eigenvalue weighted by Crippen LogP contribution is 2.33. The van der Waals surface area contributed by atoms with Gasteiger partial charge in [-0.2, -0.15) is 0 Å². The first-order chi connectivity index (χ1) is 13.1. The number of carbonyl (C=O) groups is 1. The second-order valence-electron chi connectivity index (χ2n) is 7.08. The lowest BCUT2D eigenvalue weighted by Crippen LogP contribution is -2.42. The molecule has 0 saturated carbocycles. The van der Waals surface area contributed by atoms with Gasteiger partial charge in [0.1, 0.15) is 11.4 Å². The average Bonchev–Trinajstić information content (AvgIpc) is 2.68. The van der Waals surface area contributed by atoms with Gasteiger partial charge in [0, 0.05) is 23.1 Å². The number of carbonyl (C=O) groups excluding carboxylic acids is 1. The van der Waals surface area contributed by atoms with Crippen LogP contribution in [0, 0.1) is 0 Å². The van der Waals surface area contributed by atoms with Crippen LogP contribution in [0.25, 0.3) is 10.8 Å². The van der Waals surface area contributed by atoms with E-state index in [1.54, 1.807) is 0 Å². The third kappa shape index (κ3) is 5.46. The molecule has 2 rings (SSSR count). The summed E-state index contributed by atoms with van der Waals surface area (Å²) in [5.41, 5.74) is -0.0248. The number of fused-ring (bicyclic) bond motifs is 1. The number of rotatable bonds is 11. The molecule has 1 atom stereocenters. The first-order valence-electron chi connectivity index (χ1n) is 10.2. The summed E-state index contributed by atoms with van der Waals surface area (Å²) in [5.74, 6) is 0.762. The molecule has 4 heteroatoms. The van der Waals surface area contributed by atoms with E-state index in [2.05, 4.69) is 19.2 Å². The van der Waals surface area contributed by atoms with Gasteiger partial charge in [-0.3, -0.25) is 4.79 Å². The third-order valence-corrected chi connectivity index (χ3v) is 4.84.